The third-order valence-corrected chi connectivity index (χ3v) is 3.36. The molecule has 3 aromatic rings. The van der Waals surface area contributed by atoms with Crippen LogP contribution in [0.15, 0.2) is 66.9 Å². The number of halogens is 1. The van der Waals surface area contributed by atoms with Crippen molar-refractivity contribution in [1.82, 2.24) is 4.98 Å². The number of ether oxygens (including phenoxy) is 1. The van der Waals surface area contributed by atoms with Crippen molar-refractivity contribution in [2.45, 2.75) is 0 Å². The number of nitriles is 1. The predicted octanol–water partition coefficient (Wildman–Crippen LogP) is 5.07. The van der Waals surface area contributed by atoms with Crippen LogP contribution in [0.4, 0.5) is 0 Å². The minimum absolute atomic E-state index is 0.282. The van der Waals surface area contributed by atoms with Crippen LogP contribution in [0.1, 0.15) is 5.56 Å². The molecule has 1 heterocycles. The maximum atomic E-state index is 9.32. The Bertz CT molecular complexity index is 824. The zero-order valence-corrected chi connectivity index (χ0v) is 12.3. The fraction of sp³-hybridized carbons (Fsp3) is 0. The van der Waals surface area contributed by atoms with Gasteiger partial charge in [0.15, 0.2) is 0 Å². The number of aromatic nitrogens is 1. The Morgan fingerprint density at radius 1 is 0.955 bits per heavy atom. The molecule has 0 aliphatic rings. The Balaban J connectivity index is 1.93. The molecule has 0 unspecified atom stereocenters. The summed E-state index contributed by atoms with van der Waals surface area (Å²) in [5.41, 5.74) is 2.27. The highest BCUT2D eigenvalue weighted by Gasteiger charge is 2.09. The van der Waals surface area contributed by atoms with E-state index < -0.39 is 0 Å². The standard InChI is InChI=1S/C18H11ClN2O/c19-16-6-8-17(9-7-16)22-18-14(11-20)10-15(12-21-18)13-4-2-1-3-5-13/h1-10,12H. The first-order chi connectivity index (χ1) is 10.8. The molecule has 0 amide bonds. The molecule has 3 rings (SSSR count). The largest absolute Gasteiger partial charge is 0.438 e. The van der Waals surface area contributed by atoms with Gasteiger partial charge in [0.05, 0.1) is 0 Å². The molecule has 0 saturated heterocycles. The Hall–Kier alpha value is -2.83. The average molecular weight is 307 g/mol. The maximum Gasteiger partial charge on any atom is 0.237 e. The lowest BCUT2D eigenvalue weighted by molar-refractivity contribution is 0.461. The number of hydrogen-bond donors (Lipinski definition) is 0. The third-order valence-electron chi connectivity index (χ3n) is 3.11. The Labute approximate surface area is 133 Å². The van der Waals surface area contributed by atoms with Gasteiger partial charge >= 0.3 is 0 Å². The van der Waals surface area contributed by atoms with Crippen molar-refractivity contribution in [3.8, 4) is 28.8 Å². The monoisotopic (exact) mass is 306 g/mol. The number of nitrogens with zero attached hydrogens (tertiary/aromatic N) is 2. The van der Waals surface area contributed by atoms with E-state index in [4.69, 9.17) is 16.3 Å². The van der Waals surface area contributed by atoms with Crippen LogP contribution in [0.25, 0.3) is 11.1 Å². The molecular weight excluding hydrogens is 296 g/mol. The number of rotatable bonds is 3. The van der Waals surface area contributed by atoms with E-state index in [1.165, 1.54) is 0 Å². The predicted molar refractivity (Wildman–Crippen MR) is 85.9 cm³/mol. The van der Waals surface area contributed by atoms with Gasteiger partial charge in [0.2, 0.25) is 5.88 Å². The highest BCUT2D eigenvalue weighted by Crippen LogP contribution is 2.27. The zero-order valence-electron chi connectivity index (χ0n) is 11.5. The number of hydrogen-bond acceptors (Lipinski definition) is 3. The average Bonchev–Trinajstić information content (AvgIpc) is 2.58. The summed E-state index contributed by atoms with van der Waals surface area (Å²) in [6.07, 6.45) is 1.70. The van der Waals surface area contributed by atoms with E-state index in [0.29, 0.717) is 16.3 Å². The summed E-state index contributed by atoms with van der Waals surface area (Å²) in [7, 11) is 0. The summed E-state index contributed by atoms with van der Waals surface area (Å²) >= 11 is 5.84. The Kier molecular flexibility index (Phi) is 4.04. The summed E-state index contributed by atoms with van der Waals surface area (Å²) in [5, 5.41) is 9.95. The second-order valence-electron chi connectivity index (χ2n) is 4.61. The van der Waals surface area contributed by atoms with Crippen molar-refractivity contribution in [2.24, 2.45) is 0 Å². The van der Waals surface area contributed by atoms with Crippen LogP contribution in [0.2, 0.25) is 5.02 Å². The molecule has 3 nitrogen and oxygen atoms in total. The Morgan fingerprint density at radius 2 is 1.68 bits per heavy atom. The fourth-order valence-electron chi connectivity index (χ4n) is 2.02. The quantitative estimate of drug-likeness (QED) is 0.679. The summed E-state index contributed by atoms with van der Waals surface area (Å²) < 4.78 is 5.65. The van der Waals surface area contributed by atoms with Gasteiger partial charge in [0.1, 0.15) is 17.4 Å². The lowest BCUT2D eigenvalue weighted by atomic mass is 10.1. The van der Waals surface area contributed by atoms with E-state index in [0.717, 1.165) is 11.1 Å². The van der Waals surface area contributed by atoms with Crippen LogP contribution in [0.3, 0.4) is 0 Å². The lowest BCUT2D eigenvalue weighted by Gasteiger charge is -2.08. The first kappa shape index (κ1) is 14.1. The molecule has 0 fully saturated rings. The van der Waals surface area contributed by atoms with Gasteiger partial charge in [-0.25, -0.2) is 4.98 Å². The number of pyridine rings is 1. The molecule has 2 aromatic carbocycles. The van der Waals surface area contributed by atoms with E-state index >= 15 is 0 Å². The Morgan fingerprint density at radius 3 is 2.36 bits per heavy atom. The van der Waals surface area contributed by atoms with Crippen LogP contribution < -0.4 is 4.74 Å². The summed E-state index contributed by atoms with van der Waals surface area (Å²) in [6.45, 7) is 0. The smallest absolute Gasteiger partial charge is 0.237 e. The first-order valence-corrected chi connectivity index (χ1v) is 7.03. The highest BCUT2D eigenvalue weighted by atomic mass is 35.5. The molecule has 0 spiro atoms. The van der Waals surface area contributed by atoms with Crippen molar-refractivity contribution >= 4 is 11.6 Å². The molecule has 1 aromatic heterocycles. The minimum Gasteiger partial charge on any atom is -0.438 e. The van der Waals surface area contributed by atoms with Gasteiger partial charge in [-0.15, -0.1) is 0 Å². The molecule has 0 aliphatic carbocycles. The lowest BCUT2D eigenvalue weighted by Crippen LogP contribution is -1.93. The second kappa shape index (κ2) is 6.30. The van der Waals surface area contributed by atoms with Crippen LogP contribution >= 0.6 is 11.6 Å². The van der Waals surface area contributed by atoms with E-state index in [1.54, 1.807) is 36.5 Å². The van der Waals surface area contributed by atoms with Gasteiger partial charge in [-0.05, 0) is 35.9 Å². The molecule has 0 aliphatic heterocycles. The van der Waals surface area contributed by atoms with Crippen LogP contribution in [-0.4, -0.2) is 4.98 Å². The molecule has 0 bridgehead atoms. The molecule has 4 heteroatoms. The van der Waals surface area contributed by atoms with Gasteiger partial charge in [-0.1, -0.05) is 41.9 Å². The van der Waals surface area contributed by atoms with Crippen molar-refractivity contribution in [2.75, 3.05) is 0 Å². The molecule has 0 N–H and O–H groups in total. The van der Waals surface area contributed by atoms with Crippen LogP contribution in [0.5, 0.6) is 11.6 Å². The van der Waals surface area contributed by atoms with E-state index in [9.17, 15) is 5.26 Å². The van der Waals surface area contributed by atoms with Gasteiger partial charge in [0.25, 0.3) is 0 Å². The normalized spacial score (nSPS) is 10.0. The third kappa shape index (κ3) is 3.08. The van der Waals surface area contributed by atoms with Crippen molar-refractivity contribution < 1.29 is 4.74 Å². The molecular formula is C18H11ClN2O. The molecule has 0 saturated carbocycles. The van der Waals surface area contributed by atoms with E-state index in [1.807, 2.05) is 30.3 Å². The number of benzene rings is 2. The highest BCUT2D eigenvalue weighted by molar-refractivity contribution is 6.30. The van der Waals surface area contributed by atoms with Crippen molar-refractivity contribution in [3.05, 3.63) is 77.4 Å². The van der Waals surface area contributed by atoms with Gasteiger partial charge in [-0.2, -0.15) is 5.26 Å². The topological polar surface area (TPSA) is 45.9 Å². The first-order valence-electron chi connectivity index (χ1n) is 6.65. The van der Waals surface area contributed by atoms with Crippen molar-refractivity contribution in [1.29, 1.82) is 5.26 Å². The molecule has 0 radical (unpaired) electrons. The second-order valence-corrected chi connectivity index (χ2v) is 5.05. The van der Waals surface area contributed by atoms with Crippen molar-refractivity contribution in [3.63, 3.8) is 0 Å². The molecule has 106 valence electrons. The summed E-state index contributed by atoms with van der Waals surface area (Å²) in [4.78, 5) is 4.27. The van der Waals surface area contributed by atoms with Crippen LogP contribution in [-0.2, 0) is 0 Å². The summed E-state index contributed by atoms with van der Waals surface area (Å²) in [5.74, 6) is 0.866. The summed E-state index contributed by atoms with van der Waals surface area (Å²) in [6, 6.07) is 20.6. The van der Waals surface area contributed by atoms with E-state index in [2.05, 4.69) is 11.1 Å². The fourth-order valence-corrected chi connectivity index (χ4v) is 2.14. The van der Waals surface area contributed by atoms with E-state index in [-0.39, 0.29) is 5.88 Å². The van der Waals surface area contributed by atoms with Crippen LogP contribution in [0, 0.1) is 11.3 Å². The van der Waals surface area contributed by atoms with Gasteiger partial charge < -0.3 is 4.74 Å². The van der Waals surface area contributed by atoms with Gasteiger partial charge in [0, 0.05) is 16.8 Å². The SMILES string of the molecule is N#Cc1cc(-c2ccccc2)cnc1Oc1ccc(Cl)cc1. The maximum absolute atomic E-state index is 9.32. The zero-order chi connectivity index (χ0) is 15.4. The minimum atomic E-state index is 0.282. The van der Waals surface area contributed by atoms with Gasteiger partial charge in [-0.3, -0.25) is 0 Å². The molecule has 22 heavy (non-hydrogen) atoms. The molecule has 0 atom stereocenters.